The molecule has 3 aromatic rings. The van der Waals surface area contributed by atoms with Gasteiger partial charge < -0.3 is 20.7 Å². The van der Waals surface area contributed by atoms with Crippen LogP contribution >= 0.6 is 0 Å². The molecule has 174 valence electrons. The lowest BCUT2D eigenvalue weighted by molar-refractivity contribution is -0.141. The zero-order chi connectivity index (χ0) is 23.5. The van der Waals surface area contributed by atoms with Crippen molar-refractivity contribution in [2.45, 2.75) is 33.0 Å². The van der Waals surface area contributed by atoms with Gasteiger partial charge in [0.05, 0.1) is 30.4 Å². The van der Waals surface area contributed by atoms with Crippen LogP contribution in [0.3, 0.4) is 0 Å². The first-order chi connectivity index (χ1) is 15.6. The van der Waals surface area contributed by atoms with Gasteiger partial charge in [-0.05, 0) is 44.0 Å². The van der Waals surface area contributed by atoms with Gasteiger partial charge in [0.2, 0.25) is 0 Å². The topological polar surface area (TPSA) is 102 Å². The molecule has 0 bridgehead atoms. The Balaban J connectivity index is 1.48. The zero-order valence-electron chi connectivity index (χ0n) is 18.5. The second kappa shape index (κ2) is 7.41. The maximum atomic E-state index is 13.4. The van der Waals surface area contributed by atoms with Gasteiger partial charge in [-0.1, -0.05) is 0 Å². The summed E-state index contributed by atoms with van der Waals surface area (Å²) in [7, 11) is 0. The fraction of sp³-hybridized carbons (Fsp3) is 0.455. The number of aryl methyl sites for hydroxylation is 1. The van der Waals surface area contributed by atoms with Crippen molar-refractivity contribution in [3.8, 4) is 0 Å². The smallest absolute Gasteiger partial charge is 0.384 e. The highest BCUT2D eigenvalue weighted by Crippen LogP contribution is 2.41. The molecule has 2 aliphatic rings. The van der Waals surface area contributed by atoms with E-state index >= 15 is 0 Å². The van der Waals surface area contributed by atoms with Crippen LogP contribution in [0.15, 0.2) is 18.3 Å². The molecule has 5 rings (SSSR count). The second-order valence-electron chi connectivity index (χ2n) is 9.04. The molecule has 5 heterocycles. The number of hydrogen-bond donors (Lipinski definition) is 2. The molecule has 2 saturated heterocycles. The lowest BCUT2D eigenvalue weighted by atomic mass is 9.78. The third-order valence-corrected chi connectivity index (χ3v) is 6.45. The molecular formula is C22H24F3N7O. The Morgan fingerprint density at radius 2 is 1.88 bits per heavy atom. The number of hydrogen-bond acceptors (Lipinski definition) is 8. The Morgan fingerprint density at radius 1 is 1.15 bits per heavy atom. The van der Waals surface area contributed by atoms with Gasteiger partial charge in [0, 0.05) is 30.1 Å². The molecule has 3 aromatic heterocycles. The first-order valence-corrected chi connectivity index (χ1v) is 10.6. The Labute approximate surface area is 188 Å². The van der Waals surface area contributed by atoms with Gasteiger partial charge in [0.1, 0.15) is 17.3 Å². The van der Waals surface area contributed by atoms with Crippen molar-refractivity contribution in [3.05, 3.63) is 40.8 Å². The Bertz CT molecular complexity index is 1230. The quantitative estimate of drug-likeness (QED) is 0.610. The van der Waals surface area contributed by atoms with Crippen LogP contribution in [0.5, 0.6) is 0 Å². The number of anilines is 3. The number of fused-ring (bicyclic) bond motifs is 1. The third-order valence-electron chi connectivity index (χ3n) is 6.45. The summed E-state index contributed by atoms with van der Waals surface area (Å²) in [4.78, 5) is 10.3. The lowest BCUT2D eigenvalue weighted by Gasteiger charge is -2.55. The summed E-state index contributed by atoms with van der Waals surface area (Å²) in [5, 5.41) is 13.4. The van der Waals surface area contributed by atoms with Crippen molar-refractivity contribution in [1.82, 2.24) is 20.2 Å². The Morgan fingerprint density at radius 3 is 2.52 bits per heavy atom. The van der Waals surface area contributed by atoms with Crippen LogP contribution in [0.1, 0.15) is 35.5 Å². The first-order valence-electron chi connectivity index (χ1n) is 10.6. The van der Waals surface area contributed by atoms with E-state index in [0.29, 0.717) is 11.4 Å². The number of rotatable bonds is 4. The van der Waals surface area contributed by atoms with Crippen molar-refractivity contribution in [3.63, 3.8) is 0 Å². The van der Waals surface area contributed by atoms with E-state index in [9.17, 15) is 13.2 Å². The summed E-state index contributed by atoms with van der Waals surface area (Å²) >= 11 is 0. The van der Waals surface area contributed by atoms with Gasteiger partial charge in [-0.3, -0.25) is 0 Å². The van der Waals surface area contributed by atoms with Crippen LogP contribution < -0.4 is 16.0 Å². The third kappa shape index (κ3) is 3.69. The molecule has 2 fully saturated rings. The Kier molecular flexibility index (Phi) is 4.85. The molecule has 2 aliphatic heterocycles. The van der Waals surface area contributed by atoms with Crippen LogP contribution in [-0.4, -0.2) is 46.5 Å². The highest BCUT2D eigenvalue weighted by atomic mass is 19.4. The average molecular weight is 459 g/mol. The van der Waals surface area contributed by atoms with Crippen LogP contribution in [-0.2, 0) is 10.9 Å². The molecular weight excluding hydrogens is 435 g/mol. The predicted molar refractivity (Wildman–Crippen MR) is 118 cm³/mol. The maximum absolute atomic E-state index is 13.4. The van der Waals surface area contributed by atoms with Gasteiger partial charge in [0.25, 0.3) is 0 Å². The number of aromatic nitrogens is 4. The monoisotopic (exact) mass is 459 g/mol. The van der Waals surface area contributed by atoms with E-state index in [2.05, 4.69) is 30.4 Å². The van der Waals surface area contributed by atoms with Crippen molar-refractivity contribution < 1.29 is 17.9 Å². The maximum Gasteiger partial charge on any atom is 0.433 e. The lowest BCUT2D eigenvalue weighted by Crippen LogP contribution is -2.66. The summed E-state index contributed by atoms with van der Waals surface area (Å²) in [5.41, 5.74) is 6.09. The van der Waals surface area contributed by atoms with Gasteiger partial charge in [-0.15, -0.1) is 5.10 Å². The normalized spacial score (nSPS) is 18.2. The standard InChI is InChI=1S/C22H24F3N7O/c1-11-14(4-17(26)29-19(11)22(23,24)25)12(2)28-20-15-5-18(27-6-16(15)13(3)30-31-20)32-7-21(8-32)9-33-10-21/h4-6,12H,7-10H2,1-3H3,(H2,26,29)(H,28,31)/t12-/m1/s1. The summed E-state index contributed by atoms with van der Waals surface area (Å²) in [6, 6.07) is 2.89. The molecule has 8 nitrogen and oxygen atoms in total. The van der Waals surface area contributed by atoms with Gasteiger partial charge in [0.15, 0.2) is 5.82 Å². The molecule has 0 aromatic carbocycles. The summed E-state index contributed by atoms with van der Waals surface area (Å²) in [5.74, 6) is 1.11. The van der Waals surface area contributed by atoms with Gasteiger partial charge in [-0.25, -0.2) is 9.97 Å². The van der Waals surface area contributed by atoms with Crippen LogP contribution in [0.25, 0.3) is 10.8 Å². The molecule has 1 spiro atoms. The fourth-order valence-electron chi connectivity index (χ4n) is 4.60. The van der Waals surface area contributed by atoms with Gasteiger partial charge in [-0.2, -0.15) is 18.3 Å². The average Bonchev–Trinajstić information content (AvgIpc) is 2.68. The van der Waals surface area contributed by atoms with Crippen molar-refractivity contribution in [2.24, 2.45) is 5.41 Å². The van der Waals surface area contributed by atoms with E-state index in [1.165, 1.54) is 13.0 Å². The van der Waals surface area contributed by atoms with Crippen molar-refractivity contribution >= 4 is 28.2 Å². The zero-order valence-corrected chi connectivity index (χ0v) is 18.5. The highest BCUT2D eigenvalue weighted by Gasteiger charge is 2.49. The van der Waals surface area contributed by atoms with Crippen molar-refractivity contribution in [1.29, 1.82) is 0 Å². The number of halogens is 3. The number of nitrogens with zero attached hydrogens (tertiary/aromatic N) is 5. The number of nitrogens with one attached hydrogen (secondary N) is 1. The molecule has 0 saturated carbocycles. The largest absolute Gasteiger partial charge is 0.433 e. The first kappa shape index (κ1) is 21.6. The van der Waals surface area contributed by atoms with Crippen LogP contribution in [0, 0.1) is 19.3 Å². The van der Waals surface area contributed by atoms with E-state index < -0.39 is 17.9 Å². The molecule has 11 heteroatoms. The second-order valence-corrected chi connectivity index (χ2v) is 9.04. The van der Waals surface area contributed by atoms with E-state index in [4.69, 9.17) is 10.5 Å². The van der Waals surface area contributed by atoms with Crippen LogP contribution in [0.2, 0.25) is 0 Å². The number of pyridine rings is 2. The van der Waals surface area contributed by atoms with Gasteiger partial charge >= 0.3 is 6.18 Å². The minimum atomic E-state index is -4.59. The summed E-state index contributed by atoms with van der Waals surface area (Å²) in [6.07, 6.45) is -2.82. The van der Waals surface area contributed by atoms with E-state index in [-0.39, 0.29) is 16.8 Å². The minimum absolute atomic E-state index is 0.0250. The van der Waals surface area contributed by atoms with Crippen molar-refractivity contribution in [2.75, 3.05) is 42.3 Å². The van der Waals surface area contributed by atoms with E-state index in [1.807, 2.05) is 13.0 Å². The molecule has 0 aliphatic carbocycles. The molecule has 3 N–H and O–H groups in total. The number of ether oxygens (including phenoxy) is 1. The van der Waals surface area contributed by atoms with E-state index in [1.54, 1.807) is 13.1 Å². The number of alkyl halides is 3. The summed E-state index contributed by atoms with van der Waals surface area (Å²) < 4.78 is 45.6. The Hall–Kier alpha value is -3.21. The molecule has 1 atom stereocenters. The molecule has 0 radical (unpaired) electrons. The molecule has 33 heavy (non-hydrogen) atoms. The highest BCUT2D eigenvalue weighted by molar-refractivity contribution is 5.94. The number of nitrogens with two attached hydrogens (primary N) is 1. The van der Waals surface area contributed by atoms with Crippen LogP contribution in [0.4, 0.5) is 30.6 Å². The molecule has 0 amide bonds. The minimum Gasteiger partial charge on any atom is -0.384 e. The fourth-order valence-corrected chi connectivity index (χ4v) is 4.60. The number of nitrogen functional groups attached to an aromatic ring is 1. The predicted octanol–water partition coefficient (Wildman–Crippen LogP) is 3.65. The molecule has 0 unspecified atom stereocenters. The summed E-state index contributed by atoms with van der Waals surface area (Å²) in [6.45, 7) is 8.33. The SMILES string of the molecule is Cc1c([C@@H](C)Nc2nnc(C)c3cnc(N4CC5(COC5)C4)cc23)cc(N)nc1C(F)(F)F. The van der Waals surface area contributed by atoms with E-state index in [0.717, 1.165) is 48.6 Å².